The predicted octanol–water partition coefficient (Wildman–Crippen LogP) is 8.71. The summed E-state index contributed by atoms with van der Waals surface area (Å²) in [5, 5.41) is 80.2. The van der Waals surface area contributed by atoms with Gasteiger partial charge in [-0.2, -0.15) is 26.3 Å². The number of benzene rings is 2. The molecule has 0 bridgehead atoms. The standard InChI is InChI=1S/C24H31F3O6.C23H29F3O6.C4H12N2Si.CH4O/c1-32-23(31)10-5-3-2-4-9-19-20(22(30)14-21(19)29)12-11-17(28)15-33-18-8-6-7-16(13-18)24(25,26)27;24-23(25,26)15-6-5-7-17(12-15)32-14-16(27)10-11-19-18(20(28)13-21(19)29)8-3-1-2-4-9-22(30)31;1-7(2,3)4-6-5;1-2/h2,4,6-8,11-13,17,19-22,28-30H,3,5,9-10,14-15H2,1H3;1,3,5-7,10-12,16,18-21,27-29H,2,4,8-9,13-14H2,(H,30,31);5H,4H2,1-3H3;2H,1H3/b4-2-,12-11+;3-1-,11-10+;;/t17-,19-,20-,21+,22-;16-,18-,19-,20+,21-;;/m11../s1. The molecule has 2 aromatic rings. The number of methoxy groups -OCH3 is 1. The third kappa shape index (κ3) is 27.6. The second kappa shape index (κ2) is 34.6. The minimum atomic E-state index is -4.49. The zero-order chi connectivity index (χ0) is 56.1. The summed E-state index contributed by atoms with van der Waals surface area (Å²) in [6.07, 6.45) is 4.46. The van der Waals surface area contributed by atoms with Gasteiger partial charge < -0.3 is 55.1 Å². The Bertz CT molecular complexity index is 2050. The fourth-order valence-electron chi connectivity index (χ4n) is 7.74. The summed E-state index contributed by atoms with van der Waals surface area (Å²) in [5.41, 5.74) is 4.83. The van der Waals surface area contributed by atoms with Crippen LogP contribution in [0.4, 0.5) is 26.3 Å². The van der Waals surface area contributed by atoms with E-state index in [9.17, 15) is 66.6 Å². The number of hydrogen-bond donors (Lipinski definition) is 9. The molecule has 10 atom stereocenters. The fraction of sp³-hybridized carbons (Fsp3) is 0.577. The SMILES string of the molecule is CO.COC(=O)CCC/C=C\C[C@@H]1[C@@H](/C=C/[C@@H](O)COc2cccc(C(F)(F)F)c2)[C@H](O)C[C@@H]1O.C[Si](C)(C)CN=N.O=C(O)CCC/C=C\C[C@@H]1[C@@H](/C=C/[C@@H](O)COc2cccc(C(F)(F)F)c2)[C@H](O)C[C@@H]1O. The molecule has 22 heteroatoms. The van der Waals surface area contributed by atoms with Crippen LogP contribution in [0.2, 0.25) is 19.6 Å². The van der Waals surface area contributed by atoms with Crippen molar-refractivity contribution in [2.75, 3.05) is 33.6 Å². The second-order valence-electron chi connectivity index (χ2n) is 18.8. The maximum atomic E-state index is 12.8. The van der Waals surface area contributed by atoms with Crippen molar-refractivity contribution < 1.29 is 91.0 Å². The number of carbonyl (C=O) groups excluding carboxylic acids is 1. The lowest BCUT2D eigenvalue weighted by Crippen LogP contribution is -2.24. The molecule has 0 saturated heterocycles. The Balaban J connectivity index is 0.000000636. The van der Waals surface area contributed by atoms with Crippen molar-refractivity contribution in [3.63, 3.8) is 0 Å². The Morgan fingerprint density at radius 1 is 0.703 bits per heavy atom. The van der Waals surface area contributed by atoms with Crippen LogP contribution < -0.4 is 9.47 Å². The van der Waals surface area contributed by atoms with Gasteiger partial charge in [-0.3, -0.25) is 9.59 Å². The first kappa shape index (κ1) is 67.1. The number of ether oxygens (including phenoxy) is 3. The van der Waals surface area contributed by atoms with Crippen LogP contribution in [0.25, 0.3) is 0 Å². The molecule has 9 N–H and O–H groups in total. The highest BCUT2D eigenvalue weighted by atomic mass is 28.3. The van der Waals surface area contributed by atoms with Crippen molar-refractivity contribution >= 4 is 20.0 Å². The monoisotopic (exact) mass is 1080 g/mol. The first-order valence-corrected chi connectivity index (χ1v) is 27.9. The summed E-state index contributed by atoms with van der Waals surface area (Å²) in [5.74, 6) is -2.46. The number of nitrogens with one attached hydrogen (secondary N) is 1. The van der Waals surface area contributed by atoms with Crippen molar-refractivity contribution in [2.24, 2.45) is 28.8 Å². The summed E-state index contributed by atoms with van der Waals surface area (Å²) >= 11 is 0. The van der Waals surface area contributed by atoms with E-state index in [2.05, 4.69) is 29.5 Å². The number of carboxylic acids is 1. The van der Waals surface area contributed by atoms with Crippen molar-refractivity contribution in [1.82, 2.24) is 0 Å². The van der Waals surface area contributed by atoms with Crippen molar-refractivity contribution in [3.8, 4) is 11.5 Å². The molecule has 418 valence electrons. The molecule has 2 fully saturated rings. The smallest absolute Gasteiger partial charge is 0.416 e. The Morgan fingerprint density at radius 3 is 1.45 bits per heavy atom. The Morgan fingerprint density at radius 2 is 1.11 bits per heavy atom. The quantitative estimate of drug-likeness (QED) is 0.0119. The topological polar surface area (TPSA) is 260 Å². The van der Waals surface area contributed by atoms with Gasteiger partial charge in [-0.1, -0.05) is 80.4 Å². The lowest BCUT2D eigenvalue weighted by molar-refractivity contribution is -0.141. The number of aliphatic hydroxyl groups excluding tert-OH is 7. The molecule has 0 heterocycles. The van der Waals surface area contributed by atoms with Gasteiger partial charge in [0.05, 0.1) is 56.9 Å². The lowest BCUT2D eigenvalue weighted by Gasteiger charge is -2.19. The number of alkyl halides is 6. The highest BCUT2D eigenvalue weighted by Crippen LogP contribution is 2.38. The number of hydrogen-bond acceptors (Lipinski definition) is 14. The molecule has 15 nitrogen and oxygen atoms in total. The summed E-state index contributed by atoms with van der Waals surface area (Å²) < 4.78 is 91.7. The molecule has 0 radical (unpaired) electrons. The van der Waals surface area contributed by atoms with Crippen LogP contribution >= 0.6 is 0 Å². The highest BCUT2D eigenvalue weighted by Gasteiger charge is 2.40. The van der Waals surface area contributed by atoms with Crippen LogP contribution in [-0.4, -0.2) is 131 Å². The molecule has 2 aliphatic carbocycles. The molecule has 2 aromatic carbocycles. The molecule has 0 aromatic heterocycles. The number of halogens is 6. The predicted molar refractivity (Wildman–Crippen MR) is 268 cm³/mol. The number of allylic oxidation sites excluding steroid dienone is 4. The molecule has 4 rings (SSSR count). The molecular formula is C52H76F6N2O13Si. The maximum absolute atomic E-state index is 12.8. The van der Waals surface area contributed by atoms with Crippen molar-refractivity contribution in [2.45, 2.75) is 133 Å². The van der Waals surface area contributed by atoms with Gasteiger partial charge in [-0.05, 0) is 86.8 Å². The van der Waals surface area contributed by atoms with Crippen LogP contribution in [0, 0.1) is 29.2 Å². The number of esters is 1. The fourth-order valence-corrected chi connectivity index (χ4v) is 8.22. The molecule has 0 aliphatic heterocycles. The van der Waals surface area contributed by atoms with Crippen LogP contribution in [-0.2, 0) is 26.7 Å². The van der Waals surface area contributed by atoms with E-state index in [1.54, 1.807) is 12.2 Å². The van der Waals surface area contributed by atoms with Gasteiger partial charge in [0.15, 0.2) is 0 Å². The van der Waals surface area contributed by atoms with Crippen LogP contribution in [0.3, 0.4) is 0 Å². The van der Waals surface area contributed by atoms with E-state index < -0.39 is 80.1 Å². The highest BCUT2D eigenvalue weighted by molar-refractivity contribution is 6.76. The average molecular weight is 1080 g/mol. The molecule has 2 saturated carbocycles. The van der Waals surface area contributed by atoms with E-state index in [1.807, 2.05) is 24.3 Å². The third-order valence-electron chi connectivity index (χ3n) is 11.6. The molecular weight excluding hydrogens is 1000 g/mol. The van der Waals surface area contributed by atoms with Gasteiger partial charge in [0.25, 0.3) is 0 Å². The zero-order valence-corrected chi connectivity index (χ0v) is 43.5. The maximum Gasteiger partial charge on any atom is 0.416 e. The Hall–Kier alpha value is -4.94. The molecule has 2 aliphatic rings. The van der Waals surface area contributed by atoms with E-state index in [-0.39, 0.29) is 67.7 Å². The normalized spacial score (nSPS) is 22.8. The van der Waals surface area contributed by atoms with Gasteiger partial charge in [0, 0.05) is 44.6 Å². The first-order valence-electron chi connectivity index (χ1n) is 24.2. The van der Waals surface area contributed by atoms with Gasteiger partial charge in [-0.25, -0.2) is 10.6 Å². The number of nitrogens with zero attached hydrogens (tertiary/aromatic N) is 1. The van der Waals surface area contributed by atoms with Crippen LogP contribution in [0.5, 0.6) is 11.5 Å². The minimum Gasteiger partial charge on any atom is -0.491 e. The Labute approximate surface area is 430 Å². The number of carboxylic acid groups (broad SMARTS) is 1. The van der Waals surface area contributed by atoms with E-state index >= 15 is 0 Å². The number of carbonyl (C=O) groups is 2. The zero-order valence-electron chi connectivity index (χ0n) is 42.5. The summed E-state index contributed by atoms with van der Waals surface area (Å²) in [7, 11) is 1.33. The summed E-state index contributed by atoms with van der Waals surface area (Å²) in [6, 6.07) is 8.76. The second-order valence-corrected chi connectivity index (χ2v) is 24.3. The first-order chi connectivity index (χ1) is 34.7. The lowest BCUT2D eigenvalue weighted by atomic mass is 9.89. The number of aliphatic hydroxyl groups is 7. The van der Waals surface area contributed by atoms with Gasteiger partial charge in [0.2, 0.25) is 0 Å². The largest absolute Gasteiger partial charge is 0.491 e. The summed E-state index contributed by atoms with van der Waals surface area (Å²) in [4.78, 5) is 21.6. The van der Waals surface area contributed by atoms with Gasteiger partial charge >= 0.3 is 24.3 Å². The van der Waals surface area contributed by atoms with E-state index in [0.717, 1.165) is 37.5 Å². The van der Waals surface area contributed by atoms with Crippen LogP contribution in [0.1, 0.15) is 75.3 Å². The Kier molecular flexibility index (Phi) is 31.4. The van der Waals surface area contributed by atoms with E-state index in [4.69, 9.17) is 25.2 Å². The number of aliphatic carboxylic acids is 1. The minimum absolute atomic E-state index is 0.0104. The van der Waals surface area contributed by atoms with Gasteiger partial charge in [0.1, 0.15) is 36.9 Å². The van der Waals surface area contributed by atoms with Crippen molar-refractivity contribution in [1.29, 1.82) is 5.53 Å². The number of unbranched alkanes of at least 4 members (excludes halogenated alkanes) is 2. The molecule has 74 heavy (non-hydrogen) atoms. The molecule has 0 unspecified atom stereocenters. The van der Waals surface area contributed by atoms with E-state index in [1.165, 1.54) is 43.5 Å². The van der Waals surface area contributed by atoms with Crippen molar-refractivity contribution in [3.05, 3.63) is 108 Å². The van der Waals surface area contributed by atoms with E-state index in [0.29, 0.717) is 44.9 Å². The molecule has 0 amide bonds. The average Bonchev–Trinajstić information content (AvgIpc) is 3.77. The summed E-state index contributed by atoms with van der Waals surface area (Å²) in [6.45, 7) is 6.08. The third-order valence-corrected chi connectivity index (χ3v) is 12.7. The van der Waals surface area contributed by atoms with Gasteiger partial charge in [-0.15, -0.1) is 0 Å². The molecule has 0 spiro atoms. The number of rotatable bonds is 24. The van der Waals surface area contributed by atoms with Crippen LogP contribution in [0.15, 0.2) is 102 Å².